The fourth-order valence-corrected chi connectivity index (χ4v) is 4.59. The summed E-state index contributed by atoms with van der Waals surface area (Å²) in [7, 11) is -3.36. The summed E-state index contributed by atoms with van der Waals surface area (Å²) in [5.74, 6) is 0.0337. The normalized spacial score (nSPS) is 35.4. The minimum atomic E-state index is -3.36. The van der Waals surface area contributed by atoms with Gasteiger partial charge in [0.2, 0.25) is 15.9 Å². The molecule has 2 saturated heterocycles. The molecule has 0 spiro atoms. The number of hydrogen-bond acceptors (Lipinski definition) is 4. The molecule has 102 valence electrons. The van der Waals surface area contributed by atoms with Crippen LogP contribution in [0.2, 0.25) is 0 Å². The number of carbonyl (C=O) groups excluding carboxylic acids is 1. The molecule has 0 aromatic rings. The molecule has 1 aliphatic carbocycles. The molecular formula is C12H20N2O3S. The van der Waals surface area contributed by atoms with E-state index in [1.54, 1.807) is 0 Å². The van der Waals surface area contributed by atoms with E-state index in [9.17, 15) is 13.2 Å². The van der Waals surface area contributed by atoms with Gasteiger partial charge >= 0.3 is 0 Å². The molecule has 6 heteroatoms. The Hall–Kier alpha value is -0.620. The van der Waals surface area contributed by atoms with Crippen molar-refractivity contribution in [1.82, 2.24) is 10.0 Å². The lowest BCUT2D eigenvalue weighted by molar-refractivity contribution is -0.120. The zero-order chi connectivity index (χ0) is 12.8. The maximum Gasteiger partial charge on any atom is 0.237 e. The molecule has 5 nitrogen and oxygen atoms in total. The lowest BCUT2D eigenvalue weighted by Crippen LogP contribution is -2.40. The van der Waals surface area contributed by atoms with Crippen LogP contribution in [0.3, 0.4) is 0 Å². The lowest BCUT2D eigenvalue weighted by Gasteiger charge is -2.28. The molecule has 0 radical (unpaired) electrons. The van der Waals surface area contributed by atoms with E-state index in [2.05, 4.69) is 10.0 Å². The molecule has 2 atom stereocenters. The fraction of sp³-hybridized carbons (Fsp3) is 0.917. The van der Waals surface area contributed by atoms with E-state index >= 15 is 0 Å². The first-order chi connectivity index (χ1) is 8.53. The molecule has 3 rings (SSSR count). The van der Waals surface area contributed by atoms with Gasteiger partial charge < -0.3 is 5.32 Å². The van der Waals surface area contributed by atoms with Crippen molar-refractivity contribution < 1.29 is 13.2 Å². The van der Waals surface area contributed by atoms with Gasteiger partial charge in [0.25, 0.3) is 0 Å². The van der Waals surface area contributed by atoms with Gasteiger partial charge in [-0.1, -0.05) is 0 Å². The van der Waals surface area contributed by atoms with E-state index in [1.807, 2.05) is 0 Å². The van der Waals surface area contributed by atoms with Crippen molar-refractivity contribution in [1.29, 1.82) is 0 Å². The number of piperidine rings is 1. The Bertz CT molecular complexity index is 432. The number of carbonyl (C=O) groups is 1. The van der Waals surface area contributed by atoms with Crippen molar-refractivity contribution in [2.75, 3.05) is 0 Å². The molecule has 2 heterocycles. The zero-order valence-electron chi connectivity index (χ0n) is 10.4. The van der Waals surface area contributed by atoms with Crippen LogP contribution in [-0.2, 0) is 14.8 Å². The van der Waals surface area contributed by atoms with Crippen molar-refractivity contribution in [2.24, 2.45) is 5.92 Å². The van der Waals surface area contributed by atoms with Crippen LogP contribution in [0.1, 0.15) is 44.9 Å². The third kappa shape index (κ3) is 2.69. The van der Waals surface area contributed by atoms with E-state index in [1.165, 1.54) is 12.8 Å². The summed E-state index contributed by atoms with van der Waals surface area (Å²) in [6, 6.07) is 1.09. The van der Waals surface area contributed by atoms with Gasteiger partial charge in [0.05, 0.1) is 5.25 Å². The van der Waals surface area contributed by atoms with Gasteiger partial charge in [0.15, 0.2) is 0 Å². The average Bonchev–Trinajstić information content (AvgIpc) is 3.05. The van der Waals surface area contributed by atoms with Crippen molar-refractivity contribution >= 4 is 15.9 Å². The monoisotopic (exact) mass is 272 g/mol. The number of sulfonamides is 1. The van der Waals surface area contributed by atoms with E-state index in [0.717, 1.165) is 12.8 Å². The highest BCUT2D eigenvalue weighted by molar-refractivity contribution is 7.90. The van der Waals surface area contributed by atoms with Crippen LogP contribution in [0, 0.1) is 5.92 Å². The van der Waals surface area contributed by atoms with Crippen LogP contribution in [0.25, 0.3) is 0 Å². The molecular weight excluding hydrogens is 252 g/mol. The number of nitrogens with one attached hydrogen (secondary N) is 2. The minimum Gasteiger partial charge on any atom is -0.311 e. The molecule has 2 unspecified atom stereocenters. The number of fused-ring (bicyclic) bond motifs is 2. The van der Waals surface area contributed by atoms with Gasteiger partial charge in [-0.05, 0) is 44.4 Å². The SMILES string of the molecule is O=C(CC1CC2CCC(C1)N2)NS(=O)(=O)C1CC1. The van der Waals surface area contributed by atoms with Crippen LogP contribution in [-0.4, -0.2) is 31.7 Å². The van der Waals surface area contributed by atoms with E-state index in [0.29, 0.717) is 37.3 Å². The fourth-order valence-electron chi connectivity index (χ4n) is 3.27. The van der Waals surface area contributed by atoms with Gasteiger partial charge in [-0.2, -0.15) is 0 Å². The number of hydrogen-bond donors (Lipinski definition) is 2. The molecule has 0 aromatic carbocycles. The highest BCUT2D eigenvalue weighted by Gasteiger charge is 2.38. The Labute approximate surface area is 108 Å². The molecule has 2 aliphatic heterocycles. The topological polar surface area (TPSA) is 75.3 Å². The third-order valence-electron chi connectivity index (χ3n) is 4.26. The quantitative estimate of drug-likeness (QED) is 0.782. The van der Waals surface area contributed by atoms with Gasteiger partial charge in [-0.15, -0.1) is 0 Å². The summed E-state index contributed by atoms with van der Waals surface area (Å²) in [4.78, 5) is 11.8. The van der Waals surface area contributed by atoms with Crippen LogP contribution < -0.4 is 10.0 Å². The average molecular weight is 272 g/mol. The molecule has 0 aromatic heterocycles. The number of rotatable bonds is 4. The maximum absolute atomic E-state index is 11.8. The summed E-state index contributed by atoms with van der Waals surface area (Å²) in [6.45, 7) is 0. The second-order valence-corrected chi connectivity index (χ2v) is 7.91. The Morgan fingerprint density at radius 1 is 1.11 bits per heavy atom. The van der Waals surface area contributed by atoms with Crippen LogP contribution >= 0.6 is 0 Å². The lowest BCUT2D eigenvalue weighted by atomic mass is 9.89. The van der Waals surface area contributed by atoms with Crippen molar-refractivity contribution in [3.05, 3.63) is 0 Å². The van der Waals surface area contributed by atoms with Crippen LogP contribution in [0.15, 0.2) is 0 Å². The van der Waals surface area contributed by atoms with E-state index in [4.69, 9.17) is 0 Å². The van der Waals surface area contributed by atoms with Crippen LogP contribution in [0.5, 0.6) is 0 Å². The van der Waals surface area contributed by atoms with Crippen molar-refractivity contribution in [2.45, 2.75) is 62.3 Å². The summed E-state index contributed by atoms with van der Waals surface area (Å²) in [5.41, 5.74) is 0. The molecule has 1 amide bonds. The summed E-state index contributed by atoms with van der Waals surface area (Å²) in [5, 5.41) is 3.21. The van der Waals surface area contributed by atoms with Crippen LogP contribution in [0.4, 0.5) is 0 Å². The largest absolute Gasteiger partial charge is 0.311 e. The van der Waals surface area contributed by atoms with Gasteiger partial charge in [0, 0.05) is 18.5 Å². The minimum absolute atomic E-state index is 0.312. The van der Waals surface area contributed by atoms with E-state index in [-0.39, 0.29) is 11.2 Å². The standard InChI is InChI=1S/C12H20N2O3S/c15-12(14-18(16,17)11-3-4-11)7-8-5-9-1-2-10(6-8)13-9/h8-11,13H,1-7H2,(H,14,15). The highest BCUT2D eigenvalue weighted by Crippen LogP contribution is 2.33. The van der Waals surface area contributed by atoms with Gasteiger partial charge in [-0.25, -0.2) is 8.42 Å². The third-order valence-corrected chi connectivity index (χ3v) is 6.13. The predicted molar refractivity (Wildman–Crippen MR) is 67.4 cm³/mol. The second-order valence-electron chi connectivity index (χ2n) is 5.95. The number of amides is 1. The summed E-state index contributed by atoms with van der Waals surface area (Å²) in [6.07, 6.45) is 6.16. The Morgan fingerprint density at radius 3 is 2.28 bits per heavy atom. The first-order valence-electron chi connectivity index (χ1n) is 6.83. The highest BCUT2D eigenvalue weighted by atomic mass is 32.2. The first kappa shape index (κ1) is 12.4. The summed E-state index contributed by atoms with van der Waals surface area (Å²) >= 11 is 0. The van der Waals surface area contributed by atoms with Crippen molar-refractivity contribution in [3.8, 4) is 0 Å². The van der Waals surface area contributed by atoms with Gasteiger partial charge in [0.1, 0.15) is 0 Å². The zero-order valence-corrected chi connectivity index (χ0v) is 11.2. The smallest absolute Gasteiger partial charge is 0.237 e. The molecule has 3 fully saturated rings. The molecule has 3 aliphatic rings. The molecule has 2 bridgehead atoms. The first-order valence-corrected chi connectivity index (χ1v) is 8.38. The second kappa shape index (κ2) is 4.49. The van der Waals surface area contributed by atoms with Gasteiger partial charge in [-0.3, -0.25) is 9.52 Å². The van der Waals surface area contributed by atoms with E-state index < -0.39 is 10.0 Å². The van der Waals surface area contributed by atoms with Crippen molar-refractivity contribution in [3.63, 3.8) is 0 Å². The maximum atomic E-state index is 11.8. The Kier molecular flexibility index (Phi) is 3.10. The molecule has 1 saturated carbocycles. The Morgan fingerprint density at radius 2 is 1.72 bits per heavy atom. The Balaban J connectivity index is 1.52. The molecule has 18 heavy (non-hydrogen) atoms. The molecule has 2 N–H and O–H groups in total. The summed E-state index contributed by atoms with van der Waals surface area (Å²) < 4.78 is 25.5. The predicted octanol–water partition coefficient (Wildman–Crippen LogP) is 0.516.